The third-order valence-electron chi connectivity index (χ3n) is 2.98. The third-order valence-corrected chi connectivity index (χ3v) is 2.98. The zero-order chi connectivity index (χ0) is 15.3. The van der Waals surface area contributed by atoms with Crippen molar-refractivity contribution >= 4 is 11.9 Å². The lowest BCUT2D eigenvalue weighted by atomic mass is 9.96. The zero-order valence-corrected chi connectivity index (χ0v) is 12.7. The van der Waals surface area contributed by atoms with Gasteiger partial charge < -0.3 is 9.47 Å². The Morgan fingerprint density at radius 3 is 1.60 bits per heavy atom. The van der Waals surface area contributed by atoms with Crippen molar-refractivity contribution in [2.75, 3.05) is 13.2 Å². The number of aryl methyl sites for hydroxylation is 2. The van der Waals surface area contributed by atoms with E-state index in [9.17, 15) is 9.59 Å². The molecule has 0 aromatic carbocycles. The van der Waals surface area contributed by atoms with E-state index in [2.05, 4.69) is 4.98 Å². The van der Waals surface area contributed by atoms with Crippen LogP contribution in [0.15, 0.2) is 0 Å². The molecule has 0 amide bonds. The highest BCUT2D eigenvalue weighted by atomic mass is 16.5. The Hall–Kier alpha value is -1.91. The molecule has 1 aromatic rings. The first kappa shape index (κ1) is 16.1. The highest BCUT2D eigenvalue weighted by Gasteiger charge is 2.25. The van der Waals surface area contributed by atoms with Crippen LogP contribution in [0.1, 0.15) is 58.4 Å². The Kier molecular flexibility index (Phi) is 5.67. The molecule has 0 atom stereocenters. The Morgan fingerprint density at radius 1 is 0.900 bits per heavy atom. The number of pyridine rings is 1. The molecule has 0 spiro atoms. The van der Waals surface area contributed by atoms with Crippen LogP contribution >= 0.6 is 0 Å². The van der Waals surface area contributed by atoms with Crippen LogP contribution in [0.3, 0.4) is 0 Å². The van der Waals surface area contributed by atoms with Gasteiger partial charge in [0.15, 0.2) is 0 Å². The molecule has 1 heterocycles. The van der Waals surface area contributed by atoms with E-state index in [1.165, 1.54) is 0 Å². The number of hydrogen-bond donors (Lipinski definition) is 0. The fourth-order valence-electron chi connectivity index (χ4n) is 2.23. The number of aromatic nitrogens is 1. The van der Waals surface area contributed by atoms with E-state index < -0.39 is 11.9 Å². The number of rotatable bonds is 5. The molecular formula is C15H21NO4. The van der Waals surface area contributed by atoms with E-state index in [1.54, 1.807) is 27.7 Å². The summed E-state index contributed by atoms with van der Waals surface area (Å²) in [4.78, 5) is 28.4. The van der Waals surface area contributed by atoms with Crippen molar-refractivity contribution in [2.45, 2.75) is 41.0 Å². The maximum Gasteiger partial charge on any atom is 0.340 e. The lowest BCUT2D eigenvalue weighted by Crippen LogP contribution is -2.19. The van der Waals surface area contributed by atoms with Gasteiger partial charge in [-0.2, -0.15) is 0 Å². The van der Waals surface area contributed by atoms with Crippen molar-refractivity contribution in [2.24, 2.45) is 0 Å². The molecular weight excluding hydrogens is 258 g/mol. The highest BCUT2D eigenvalue weighted by Crippen LogP contribution is 2.23. The number of esters is 2. The van der Waals surface area contributed by atoms with E-state index in [1.807, 2.05) is 6.92 Å². The molecule has 0 aliphatic carbocycles. The smallest absolute Gasteiger partial charge is 0.340 e. The molecule has 0 unspecified atom stereocenters. The molecule has 5 heteroatoms. The average molecular weight is 279 g/mol. The summed E-state index contributed by atoms with van der Waals surface area (Å²) in [5.41, 5.74) is 2.55. The Balaban J connectivity index is 3.48. The summed E-state index contributed by atoms with van der Waals surface area (Å²) in [5.74, 6) is -0.889. The molecule has 0 saturated carbocycles. The third kappa shape index (κ3) is 3.15. The standard InChI is InChI=1S/C15H21NO4/c1-6-11-12(14(17)19-7-2)9(4)16-10(5)13(11)15(18)20-8-3/h6-8H2,1-5H3. The number of carbonyl (C=O) groups excluding carboxylic acids is 2. The van der Waals surface area contributed by atoms with Crippen LogP contribution in [0.4, 0.5) is 0 Å². The predicted octanol–water partition coefficient (Wildman–Crippen LogP) is 2.61. The normalized spacial score (nSPS) is 10.2. The quantitative estimate of drug-likeness (QED) is 0.775. The lowest BCUT2D eigenvalue weighted by molar-refractivity contribution is 0.0520. The van der Waals surface area contributed by atoms with Crippen molar-refractivity contribution in [3.05, 3.63) is 28.1 Å². The fourth-order valence-corrected chi connectivity index (χ4v) is 2.23. The first-order valence-corrected chi connectivity index (χ1v) is 6.82. The van der Waals surface area contributed by atoms with Crippen molar-refractivity contribution < 1.29 is 19.1 Å². The number of nitrogens with zero attached hydrogens (tertiary/aromatic N) is 1. The predicted molar refractivity (Wildman–Crippen MR) is 75.0 cm³/mol. The number of carbonyl (C=O) groups is 2. The second-order valence-electron chi connectivity index (χ2n) is 4.31. The van der Waals surface area contributed by atoms with Gasteiger partial charge in [0.2, 0.25) is 0 Å². The minimum Gasteiger partial charge on any atom is -0.462 e. The monoisotopic (exact) mass is 279 g/mol. The van der Waals surface area contributed by atoms with Gasteiger partial charge in [0.05, 0.1) is 35.7 Å². The molecule has 0 bridgehead atoms. The maximum absolute atomic E-state index is 12.1. The topological polar surface area (TPSA) is 65.5 Å². The largest absolute Gasteiger partial charge is 0.462 e. The molecule has 5 nitrogen and oxygen atoms in total. The van der Waals surface area contributed by atoms with Crippen LogP contribution in [0.25, 0.3) is 0 Å². The molecule has 20 heavy (non-hydrogen) atoms. The van der Waals surface area contributed by atoms with Gasteiger partial charge in [-0.15, -0.1) is 0 Å². The summed E-state index contributed by atoms with van der Waals surface area (Å²) in [5, 5.41) is 0. The molecule has 0 aliphatic rings. The minimum absolute atomic E-state index is 0.282. The summed E-state index contributed by atoms with van der Waals surface area (Å²) in [6.07, 6.45) is 0.534. The summed E-state index contributed by atoms with van der Waals surface area (Å²) in [6, 6.07) is 0. The summed E-state index contributed by atoms with van der Waals surface area (Å²) < 4.78 is 10.1. The van der Waals surface area contributed by atoms with Crippen LogP contribution in [0.5, 0.6) is 0 Å². The van der Waals surface area contributed by atoms with Crippen LogP contribution in [-0.4, -0.2) is 30.1 Å². The second kappa shape index (κ2) is 7.03. The van der Waals surface area contributed by atoms with Gasteiger partial charge >= 0.3 is 11.9 Å². The van der Waals surface area contributed by atoms with Gasteiger partial charge in [0.1, 0.15) is 0 Å². The first-order valence-electron chi connectivity index (χ1n) is 6.82. The molecule has 1 rings (SSSR count). The second-order valence-corrected chi connectivity index (χ2v) is 4.31. The van der Waals surface area contributed by atoms with Crippen LogP contribution in [0.2, 0.25) is 0 Å². The Labute approximate surface area is 119 Å². The van der Waals surface area contributed by atoms with Crippen molar-refractivity contribution in [3.8, 4) is 0 Å². The number of ether oxygens (including phenoxy) is 2. The summed E-state index contributed by atoms with van der Waals surface area (Å²) in [6.45, 7) is 9.42. The average Bonchev–Trinajstić information content (AvgIpc) is 2.37. The van der Waals surface area contributed by atoms with E-state index >= 15 is 0 Å². The van der Waals surface area contributed by atoms with E-state index in [-0.39, 0.29) is 13.2 Å². The molecule has 1 aromatic heterocycles. The molecule has 0 fully saturated rings. The van der Waals surface area contributed by atoms with E-state index in [0.29, 0.717) is 34.5 Å². The van der Waals surface area contributed by atoms with Crippen molar-refractivity contribution in [3.63, 3.8) is 0 Å². The SMILES string of the molecule is CCOC(=O)c1c(C)nc(C)c(C(=O)OCC)c1CC. The minimum atomic E-state index is -0.445. The van der Waals surface area contributed by atoms with Crippen molar-refractivity contribution in [1.29, 1.82) is 0 Å². The molecule has 0 saturated heterocycles. The Morgan fingerprint density at radius 2 is 1.30 bits per heavy atom. The Bertz CT molecular complexity index is 481. The summed E-state index contributed by atoms with van der Waals surface area (Å²) in [7, 11) is 0. The van der Waals surface area contributed by atoms with Gasteiger partial charge in [0, 0.05) is 0 Å². The van der Waals surface area contributed by atoms with Gasteiger partial charge in [0.25, 0.3) is 0 Å². The van der Waals surface area contributed by atoms with Crippen LogP contribution in [-0.2, 0) is 15.9 Å². The van der Waals surface area contributed by atoms with Crippen LogP contribution < -0.4 is 0 Å². The van der Waals surface area contributed by atoms with Crippen molar-refractivity contribution in [1.82, 2.24) is 4.98 Å². The van der Waals surface area contributed by atoms with Gasteiger partial charge in [-0.3, -0.25) is 4.98 Å². The molecule has 0 aliphatic heterocycles. The molecule has 0 N–H and O–H groups in total. The van der Waals surface area contributed by atoms with Gasteiger partial charge in [-0.1, -0.05) is 6.92 Å². The molecule has 110 valence electrons. The van der Waals surface area contributed by atoms with E-state index in [0.717, 1.165) is 0 Å². The first-order chi connectivity index (χ1) is 9.47. The lowest BCUT2D eigenvalue weighted by Gasteiger charge is -2.16. The van der Waals surface area contributed by atoms with Gasteiger partial charge in [-0.05, 0) is 39.7 Å². The maximum atomic E-state index is 12.1. The highest BCUT2D eigenvalue weighted by molar-refractivity contribution is 5.99. The van der Waals surface area contributed by atoms with Crippen LogP contribution in [0, 0.1) is 13.8 Å². The van der Waals surface area contributed by atoms with Gasteiger partial charge in [-0.25, -0.2) is 9.59 Å². The number of hydrogen-bond acceptors (Lipinski definition) is 5. The summed E-state index contributed by atoms with van der Waals surface area (Å²) >= 11 is 0. The zero-order valence-electron chi connectivity index (χ0n) is 12.7. The van der Waals surface area contributed by atoms with E-state index in [4.69, 9.17) is 9.47 Å². The molecule has 0 radical (unpaired) electrons. The fraction of sp³-hybridized carbons (Fsp3) is 0.533.